The van der Waals surface area contributed by atoms with Crippen LogP contribution in [0.5, 0.6) is 0 Å². The van der Waals surface area contributed by atoms with Gasteiger partial charge in [0.15, 0.2) is 23.3 Å². The van der Waals surface area contributed by atoms with Gasteiger partial charge in [-0.3, -0.25) is 9.59 Å². The number of piperidine rings is 2. The minimum absolute atomic E-state index is 0.175. The zero-order chi connectivity index (χ0) is 29.4. The average Bonchev–Trinajstić information content (AvgIpc) is 3.38. The Hall–Kier alpha value is -3.47. The van der Waals surface area contributed by atoms with Crippen LogP contribution in [0.4, 0.5) is 22.0 Å². The van der Waals surface area contributed by atoms with E-state index in [4.69, 9.17) is 16.1 Å². The number of carbonyl (C=O) groups excluding carboxylic acids is 2. The van der Waals surface area contributed by atoms with Crippen LogP contribution in [-0.2, 0) is 11.2 Å². The molecule has 0 atom stereocenters. The lowest BCUT2D eigenvalue weighted by atomic mass is 9.78. The van der Waals surface area contributed by atoms with Gasteiger partial charge in [0.25, 0.3) is 5.91 Å². The zero-order valence-electron chi connectivity index (χ0n) is 22.2. The third kappa shape index (κ3) is 5.56. The fraction of sp³-hybridized carbons (Fsp3) is 0.414. The molecule has 5 rings (SSSR count). The molecular formula is C29H27ClF5N3O3. The first-order chi connectivity index (χ1) is 19.6. The van der Waals surface area contributed by atoms with Gasteiger partial charge in [0.05, 0.1) is 11.4 Å². The van der Waals surface area contributed by atoms with Gasteiger partial charge in [0.2, 0.25) is 11.7 Å². The molecule has 0 spiro atoms. The van der Waals surface area contributed by atoms with Gasteiger partial charge < -0.3 is 14.3 Å². The van der Waals surface area contributed by atoms with Crippen molar-refractivity contribution in [1.29, 1.82) is 0 Å². The van der Waals surface area contributed by atoms with E-state index in [1.807, 2.05) is 6.07 Å². The molecule has 6 nitrogen and oxygen atoms in total. The van der Waals surface area contributed by atoms with Crippen molar-refractivity contribution in [1.82, 2.24) is 15.0 Å². The second-order valence-corrected chi connectivity index (χ2v) is 10.9. The minimum Gasteiger partial charge on any atom is -0.360 e. The van der Waals surface area contributed by atoms with Gasteiger partial charge in [-0.05, 0) is 50.5 Å². The molecule has 3 aromatic rings. The van der Waals surface area contributed by atoms with Crippen molar-refractivity contribution in [3.05, 3.63) is 75.3 Å². The van der Waals surface area contributed by atoms with E-state index in [0.717, 1.165) is 12.8 Å². The van der Waals surface area contributed by atoms with Crippen LogP contribution in [0.1, 0.15) is 47.4 Å². The second-order valence-electron chi connectivity index (χ2n) is 10.5. The molecule has 0 aliphatic carbocycles. The lowest BCUT2D eigenvalue weighted by Crippen LogP contribution is -2.44. The van der Waals surface area contributed by atoms with Gasteiger partial charge in [0, 0.05) is 37.3 Å². The van der Waals surface area contributed by atoms with Gasteiger partial charge >= 0.3 is 0 Å². The third-order valence-corrected chi connectivity index (χ3v) is 8.55. The Morgan fingerprint density at radius 3 is 1.93 bits per heavy atom. The highest BCUT2D eigenvalue weighted by Gasteiger charge is 2.35. The van der Waals surface area contributed by atoms with E-state index in [0.29, 0.717) is 72.5 Å². The number of benzene rings is 2. The summed E-state index contributed by atoms with van der Waals surface area (Å²) >= 11 is 6.33. The number of hydrogen-bond donors (Lipinski definition) is 0. The standard InChI is InChI=1S/C29H27ClF5N3O3/c1-15-22(28(36-41-15)18-4-2-3-5-20(18)30)29(40)38-12-8-17(9-13-38)16-6-10-37(11-7-16)21(39)14-19-23(31)25(33)27(35)26(34)24(19)32/h2-5,16-17H,6-14H2,1H3. The van der Waals surface area contributed by atoms with Crippen LogP contribution in [0.2, 0.25) is 5.02 Å². The summed E-state index contributed by atoms with van der Waals surface area (Å²) in [6.07, 6.45) is 1.91. The molecule has 12 heteroatoms. The Balaban J connectivity index is 1.16. The molecule has 0 radical (unpaired) electrons. The lowest BCUT2D eigenvalue weighted by molar-refractivity contribution is -0.132. The van der Waals surface area contributed by atoms with E-state index in [9.17, 15) is 31.5 Å². The van der Waals surface area contributed by atoms with E-state index in [-0.39, 0.29) is 11.8 Å². The monoisotopic (exact) mass is 595 g/mol. The number of aryl methyl sites for hydroxylation is 1. The SMILES string of the molecule is Cc1onc(-c2ccccc2Cl)c1C(=O)N1CCC(C2CCN(C(=O)Cc3c(F)c(F)c(F)c(F)c3F)CC2)CC1. The molecule has 2 amide bonds. The highest BCUT2D eigenvalue weighted by Crippen LogP contribution is 2.36. The smallest absolute Gasteiger partial charge is 0.259 e. The molecule has 2 aliphatic rings. The van der Waals surface area contributed by atoms with Crippen LogP contribution < -0.4 is 0 Å². The van der Waals surface area contributed by atoms with E-state index in [2.05, 4.69) is 5.16 Å². The maximum absolute atomic E-state index is 14.0. The highest BCUT2D eigenvalue weighted by molar-refractivity contribution is 6.33. The quantitative estimate of drug-likeness (QED) is 0.196. The summed E-state index contributed by atoms with van der Waals surface area (Å²) in [6, 6.07) is 7.10. The first-order valence-electron chi connectivity index (χ1n) is 13.4. The summed E-state index contributed by atoms with van der Waals surface area (Å²) < 4.78 is 73.8. The molecule has 0 N–H and O–H groups in total. The van der Waals surface area contributed by atoms with Crippen LogP contribution in [-0.4, -0.2) is 52.9 Å². The molecule has 2 saturated heterocycles. The molecule has 0 saturated carbocycles. The van der Waals surface area contributed by atoms with Crippen molar-refractivity contribution >= 4 is 23.4 Å². The topological polar surface area (TPSA) is 66.7 Å². The first-order valence-corrected chi connectivity index (χ1v) is 13.7. The zero-order valence-corrected chi connectivity index (χ0v) is 22.9. The molecule has 1 aromatic heterocycles. The van der Waals surface area contributed by atoms with E-state index in [1.165, 1.54) is 4.90 Å². The van der Waals surface area contributed by atoms with E-state index >= 15 is 0 Å². The summed E-state index contributed by atoms with van der Waals surface area (Å²) in [7, 11) is 0. The molecule has 2 fully saturated rings. The van der Waals surface area contributed by atoms with Gasteiger partial charge in [-0.1, -0.05) is 35.0 Å². The summed E-state index contributed by atoms with van der Waals surface area (Å²) in [5, 5.41) is 4.55. The van der Waals surface area contributed by atoms with Crippen LogP contribution in [0.3, 0.4) is 0 Å². The molecule has 41 heavy (non-hydrogen) atoms. The van der Waals surface area contributed by atoms with Crippen molar-refractivity contribution in [2.24, 2.45) is 11.8 Å². The second kappa shape index (κ2) is 11.8. The fourth-order valence-corrected chi connectivity index (χ4v) is 6.11. The lowest BCUT2D eigenvalue weighted by Gasteiger charge is -2.40. The number of amides is 2. The third-order valence-electron chi connectivity index (χ3n) is 8.22. The molecule has 2 aromatic carbocycles. The Bertz CT molecular complexity index is 1450. The number of rotatable bonds is 5. The Kier molecular flexibility index (Phi) is 8.35. The maximum Gasteiger partial charge on any atom is 0.259 e. The number of hydrogen-bond acceptors (Lipinski definition) is 4. The van der Waals surface area contributed by atoms with Crippen molar-refractivity contribution in [3.63, 3.8) is 0 Å². The normalized spacial score (nSPS) is 16.9. The van der Waals surface area contributed by atoms with Gasteiger partial charge in [-0.15, -0.1) is 0 Å². The minimum atomic E-state index is -2.25. The largest absolute Gasteiger partial charge is 0.360 e. The molecule has 2 aliphatic heterocycles. The Morgan fingerprint density at radius 1 is 0.854 bits per heavy atom. The number of halogens is 6. The Labute approximate surface area is 238 Å². The molecule has 0 bridgehead atoms. The molecular weight excluding hydrogens is 569 g/mol. The summed E-state index contributed by atoms with van der Waals surface area (Å²) in [5.41, 5.74) is 0.289. The first kappa shape index (κ1) is 29.0. The van der Waals surface area contributed by atoms with E-state index < -0.39 is 47.0 Å². The van der Waals surface area contributed by atoms with Crippen molar-refractivity contribution in [3.8, 4) is 11.3 Å². The highest BCUT2D eigenvalue weighted by atomic mass is 35.5. The number of aromatic nitrogens is 1. The Morgan fingerprint density at radius 2 is 1.37 bits per heavy atom. The van der Waals surface area contributed by atoms with Crippen molar-refractivity contribution in [2.45, 2.75) is 39.0 Å². The average molecular weight is 596 g/mol. The fourth-order valence-electron chi connectivity index (χ4n) is 5.88. The molecule has 3 heterocycles. The molecule has 0 unspecified atom stereocenters. The summed E-state index contributed by atoms with van der Waals surface area (Å²) in [4.78, 5) is 29.3. The number of likely N-dealkylation sites (tertiary alicyclic amines) is 2. The van der Waals surface area contributed by atoms with Crippen LogP contribution >= 0.6 is 11.6 Å². The number of carbonyl (C=O) groups is 2. The predicted octanol–water partition coefficient (Wildman–Crippen LogP) is 6.33. The van der Waals surface area contributed by atoms with Crippen LogP contribution in [0, 0.1) is 47.8 Å². The van der Waals surface area contributed by atoms with Crippen LogP contribution in [0.15, 0.2) is 28.8 Å². The summed E-state index contributed by atoms with van der Waals surface area (Å²) in [5.74, 6) is -10.2. The summed E-state index contributed by atoms with van der Waals surface area (Å²) in [6.45, 7) is 3.40. The van der Waals surface area contributed by atoms with Crippen molar-refractivity contribution < 1.29 is 36.1 Å². The maximum atomic E-state index is 14.0. The van der Waals surface area contributed by atoms with Gasteiger partial charge in [-0.25, -0.2) is 22.0 Å². The van der Waals surface area contributed by atoms with Crippen molar-refractivity contribution in [2.75, 3.05) is 26.2 Å². The van der Waals surface area contributed by atoms with Gasteiger partial charge in [0.1, 0.15) is 17.0 Å². The van der Waals surface area contributed by atoms with Gasteiger partial charge in [-0.2, -0.15) is 0 Å². The number of nitrogens with zero attached hydrogens (tertiary/aromatic N) is 3. The van der Waals surface area contributed by atoms with Crippen LogP contribution in [0.25, 0.3) is 11.3 Å². The van der Waals surface area contributed by atoms with E-state index in [1.54, 1.807) is 30.0 Å². The predicted molar refractivity (Wildman–Crippen MR) is 140 cm³/mol. The molecule has 218 valence electrons.